The number of hydrogen-bond donors (Lipinski definition) is 1. The maximum absolute atomic E-state index is 11.9. The quantitative estimate of drug-likeness (QED) is 0.877. The Morgan fingerprint density at radius 1 is 1.50 bits per heavy atom. The van der Waals surface area contributed by atoms with E-state index in [1.54, 1.807) is 4.90 Å². The number of rotatable bonds is 3. The molecule has 0 radical (unpaired) electrons. The zero-order valence-corrected chi connectivity index (χ0v) is 10.8. The van der Waals surface area contributed by atoms with Crippen molar-refractivity contribution in [3.05, 3.63) is 29.3 Å². The van der Waals surface area contributed by atoms with E-state index in [0.29, 0.717) is 19.5 Å². The van der Waals surface area contributed by atoms with E-state index in [2.05, 4.69) is 0 Å². The highest BCUT2D eigenvalue weighted by Crippen LogP contribution is 2.19. The van der Waals surface area contributed by atoms with Gasteiger partial charge in [0, 0.05) is 13.1 Å². The first-order valence-corrected chi connectivity index (χ1v) is 6.22. The van der Waals surface area contributed by atoms with Crippen LogP contribution >= 0.6 is 0 Å². The number of ether oxygens (including phenoxy) is 1. The minimum atomic E-state index is -0.380. The van der Waals surface area contributed by atoms with Gasteiger partial charge in [-0.3, -0.25) is 4.79 Å². The van der Waals surface area contributed by atoms with Gasteiger partial charge in [-0.1, -0.05) is 12.1 Å². The van der Waals surface area contributed by atoms with E-state index in [1.807, 2.05) is 32.0 Å². The molecule has 0 aromatic heterocycles. The van der Waals surface area contributed by atoms with Gasteiger partial charge in [-0.2, -0.15) is 0 Å². The number of nitrogens with zero attached hydrogens (tertiary/aromatic N) is 1. The van der Waals surface area contributed by atoms with Gasteiger partial charge in [0.05, 0.1) is 6.10 Å². The summed E-state index contributed by atoms with van der Waals surface area (Å²) in [5.74, 6) is 0.690. The summed E-state index contributed by atoms with van der Waals surface area (Å²) in [6, 6.07) is 5.93. The van der Waals surface area contributed by atoms with Gasteiger partial charge in [0.25, 0.3) is 5.91 Å². The van der Waals surface area contributed by atoms with Crippen LogP contribution in [0.25, 0.3) is 0 Å². The molecule has 0 aliphatic carbocycles. The van der Waals surface area contributed by atoms with Gasteiger partial charge in [0.1, 0.15) is 5.75 Å². The molecular weight excluding hydrogens is 230 g/mol. The highest BCUT2D eigenvalue weighted by atomic mass is 16.5. The van der Waals surface area contributed by atoms with E-state index in [1.165, 1.54) is 0 Å². The van der Waals surface area contributed by atoms with Crippen LogP contribution < -0.4 is 4.74 Å². The molecular formula is C14H19NO3. The fraction of sp³-hybridized carbons (Fsp3) is 0.500. The van der Waals surface area contributed by atoms with Crippen molar-refractivity contribution in [2.45, 2.75) is 26.4 Å². The van der Waals surface area contributed by atoms with Crippen molar-refractivity contribution in [2.75, 3.05) is 19.7 Å². The first-order chi connectivity index (χ1) is 8.56. The lowest BCUT2D eigenvalue weighted by Gasteiger charge is -2.16. The van der Waals surface area contributed by atoms with Crippen LogP contribution in [-0.4, -0.2) is 41.7 Å². The molecule has 1 unspecified atom stereocenters. The second kappa shape index (κ2) is 5.40. The predicted octanol–water partition coefficient (Wildman–Crippen LogP) is 1.28. The molecule has 98 valence electrons. The molecule has 1 amide bonds. The second-order valence-corrected chi connectivity index (χ2v) is 4.84. The highest BCUT2D eigenvalue weighted by Gasteiger charge is 2.24. The van der Waals surface area contributed by atoms with Gasteiger partial charge in [0.2, 0.25) is 0 Å². The SMILES string of the molecule is Cc1ccc(C)c(OCC(=O)N2CCC(O)C2)c1. The molecule has 1 fully saturated rings. The maximum Gasteiger partial charge on any atom is 0.260 e. The second-order valence-electron chi connectivity index (χ2n) is 4.84. The zero-order chi connectivity index (χ0) is 13.1. The van der Waals surface area contributed by atoms with Crippen molar-refractivity contribution in [2.24, 2.45) is 0 Å². The monoisotopic (exact) mass is 249 g/mol. The third-order valence-corrected chi connectivity index (χ3v) is 3.21. The molecule has 1 heterocycles. The maximum atomic E-state index is 11.9. The van der Waals surface area contributed by atoms with Crippen LogP contribution in [0.1, 0.15) is 17.5 Å². The Kier molecular flexibility index (Phi) is 3.87. The average Bonchev–Trinajstić information content (AvgIpc) is 2.77. The lowest BCUT2D eigenvalue weighted by molar-refractivity contribution is -0.132. The third kappa shape index (κ3) is 3.01. The minimum absolute atomic E-state index is 0.0387. The van der Waals surface area contributed by atoms with Gasteiger partial charge in [-0.15, -0.1) is 0 Å². The summed E-state index contributed by atoms with van der Waals surface area (Å²) in [4.78, 5) is 13.5. The number of likely N-dealkylation sites (tertiary alicyclic amines) is 1. The van der Waals surface area contributed by atoms with E-state index >= 15 is 0 Å². The van der Waals surface area contributed by atoms with Crippen molar-refractivity contribution in [3.63, 3.8) is 0 Å². The van der Waals surface area contributed by atoms with Crippen LogP contribution in [0.4, 0.5) is 0 Å². The number of benzene rings is 1. The number of β-amino-alcohol motifs (C(OH)–C–C–N with tert-alkyl or cyclic N) is 1. The molecule has 4 nitrogen and oxygen atoms in total. The molecule has 1 aromatic rings. The van der Waals surface area contributed by atoms with Crippen molar-refractivity contribution in [1.29, 1.82) is 0 Å². The number of aryl methyl sites for hydroxylation is 2. The number of carbonyl (C=O) groups excluding carboxylic acids is 1. The van der Waals surface area contributed by atoms with Crippen LogP contribution in [-0.2, 0) is 4.79 Å². The van der Waals surface area contributed by atoms with E-state index in [0.717, 1.165) is 16.9 Å². The van der Waals surface area contributed by atoms with Crippen molar-refractivity contribution in [1.82, 2.24) is 4.90 Å². The molecule has 2 rings (SSSR count). The van der Waals surface area contributed by atoms with Gasteiger partial charge in [-0.25, -0.2) is 0 Å². The van der Waals surface area contributed by atoms with Crippen LogP contribution in [0, 0.1) is 13.8 Å². The standard InChI is InChI=1S/C14H19NO3/c1-10-3-4-11(2)13(7-10)18-9-14(17)15-6-5-12(16)8-15/h3-4,7,12,16H,5-6,8-9H2,1-2H3. The Hall–Kier alpha value is -1.55. The Bertz CT molecular complexity index is 445. The predicted molar refractivity (Wildman–Crippen MR) is 68.6 cm³/mol. The van der Waals surface area contributed by atoms with Crippen molar-refractivity contribution >= 4 is 5.91 Å². The lowest BCUT2D eigenvalue weighted by Crippen LogP contribution is -2.33. The van der Waals surface area contributed by atoms with Crippen LogP contribution in [0.5, 0.6) is 5.75 Å². The zero-order valence-electron chi connectivity index (χ0n) is 10.8. The molecule has 1 atom stereocenters. The van der Waals surface area contributed by atoms with E-state index in [-0.39, 0.29) is 18.6 Å². The van der Waals surface area contributed by atoms with Crippen molar-refractivity contribution < 1.29 is 14.6 Å². The van der Waals surface area contributed by atoms with E-state index < -0.39 is 0 Å². The van der Waals surface area contributed by atoms with Crippen molar-refractivity contribution in [3.8, 4) is 5.75 Å². The van der Waals surface area contributed by atoms with Crippen LogP contribution in [0.15, 0.2) is 18.2 Å². The number of amides is 1. The topological polar surface area (TPSA) is 49.8 Å². The summed E-state index contributed by atoms with van der Waals surface area (Å²) in [7, 11) is 0. The summed E-state index contributed by atoms with van der Waals surface area (Å²) in [6.07, 6.45) is 0.282. The van der Waals surface area contributed by atoms with Crippen LogP contribution in [0.2, 0.25) is 0 Å². The van der Waals surface area contributed by atoms with E-state index in [4.69, 9.17) is 4.74 Å². The Balaban J connectivity index is 1.91. The Labute approximate surface area is 107 Å². The molecule has 1 aliphatic heterocycles. The normalized spacial score (nSPS) is 19.1. The Morgan fingerprint density at radius 2 is 2.28 bits per heavy atom. The van der Waals surface area contributed by atoms with Gasteiger partial charge >= 0.3 is 0 Å². The fourth-order valence-electron chi connectivity index (χ4n) is 2.06. The van der Waals surface area contributed by atoms with Gasteiger partial charge < -0.3 is 14.7 Å². The molecule has 1 aliphatic rings. The molecule has 0 saturated carbocycles. The molecule has 1 saturated heterocycles. The smallest absolute Gasteiger partial charge is 0.260 e. The number of hydrogen-bond acceptors (Lipinski definition) is 3. The van der Waals surface area contributed by atoms with Gasteiger partial charge in [0.15, 0.2) is 6.61 Å². The summed E-state index contributed by atoms with van der Waals surface area (Å²) >= 11 is 0. The summed E-state index contributed by atoms with van der Waals surface area (Å²) in [5, 5.41) is 9.38. The Morgan fingerprint density at radius 3 is 2.94 bits per heavy atom. The molecule has 18 heavy (non-hydrogen) atoms. The summed E-state index contributed by atoms with van der Waals surface area (Å²) < 4.78 is 5.55. The molecule has 0 bridgehead atoms. The average molecular weight is 249 g/mol. The third-order valence-electron chi connectivity index (χ3n) is 3.21. The lowest BCUT2D eigenvalue weighted by atomic mass is 10.1. The fourth-order valence-corrected chi connectivity index (χ4v) is 2.06. The molecule has 4 heteroatoms. The van der Waals surface area contributed by atoms with Gasteiger partial charge in [-0.05, 0) is 37.5 Å². The first kappa shape index (κ1) is 12.9. The van der Waals surface area contributed by atoms with E-state index in [9.17, 15) is 9.90 Å². The minimum Gasteiger partial charge on any atom is -0.483 e. The summed E-state index contributed by atoms with van der Waals surface area (Å²) in [6.45, 7) is 5.03. The number of carbonyl (C=O) groups is 1. The molecule has 0 spiro atoms. The summed E-state index contributed by atoms with van der Waals surface area (Å²) in [5.41, 5.74) is 2.13. The van der Waals surface area contributed by atoms with Crippen LogP contribution in [0.3, 0.4) is 0 Å². The number of aliphatic hydroxyl groups is 1. The molecule has 1 aromatic carbocycles. The first-order valence-electron chi connectivity index (χ1n) is 6.22. The number of aliphatic hydroxyl groups excluding tert-OH is 1. The molecule has 1 N–H and O–H groups in total. The largest absolute Gasteiger partial charge is 0.483 e. The highest BCUT2D eigenvalue weighted by molar-refractivity contribution is 5.78.